The van der Waals surface area contributed by atoms with Crippen LogP contribution in [-0.2, 0) is 6.42 Å². The molecule has 1 aromatic heterocycles. The summed E-state index contributed by atoms with van der Waals surface area (Å²) in [6.45, 7) is 2.18. The lowest BCUT2D eigenvalue weighted by atomic mass is 9.88. The number of carbonyl (C=O) groups excluding carboxylic acids is 2. The number of nitrogens with zero attached hydrogens (tertiary/aromatic N) is 4. The van der Waals surface area contributed by atoms with Crippen LogP contribution in [0, 0.1) is 0 Å². The smallest absolute Gasteiger partial charge is 0.317 e. The molecule has 0 unspecified atom stereocenters. The first kappa shape index (κ1) is 27.0. The zero-order valence-corrected chi connectivity index (χ0v) is 22.5. The topological polar surface area (TPSA) is 150 Å². The zero-order valence-electron chi connectivity index (χ0n) is 20.2. The third-order valence-electron chi connectivity index (χ3n) is 6.41. The Balaban J connectivity index is 1.22. The van der Waals surface area contributed by atoms with E-state index < -0.39 is 5.91 Å². The molecular formula is C23H28Cl3N9O2. The van der Waals surface area contributed by atoms with Crippen molar-refractivity contribution in [1.29, 1.82) is 0 Å². The average Bonchev–Trinajstić information content (AvgIpc) is 3.26. The molecule has 1 aromatic carbocycles. The molecule has 4 rings (SSSR count). The SMILES string of the molecule is CNc1nc(N)c(Cl)nc1C(=O)NC1=NCC2(CCN(C(=O)NCCCc3ccc(Cl)cc3Cl)CC2)N1. The molecule has 37 heavy (non-hydrogen) atoms. The molecule has 1 fully saturated rings. The van der Waals surface area contributed by atoms with E-state index in [-0.39, 0.29) is 34.1 Å². The molecule has 0 radical (unpaired) electrons. The molecule has 3 amide bonds. The number of halogens is 3. The number of urea groups is 1. The first-order valence-corrected chi connectivity index (χ1v) is 12.9. The van der Waals surface area contributed by atoms with Crippen LogP contribution < -0.4 is 27.0 Å². The first-order chi connectivity index (χ1) is 17.7. The Labute approximate surface area is 229 Å². The monoisotopic (exact) mass is 567 g/mol. The maximum Gasteiger partial charge on any atom is 0.317 e. The highest BCUT2D eigenvalue weighted by Crippen LogP contribution is 2.26. The van der Waals surface area contributed by atoms with E-state index in [1.54, 1.807) is 18.0 Å². The highest BCUT2D eigenvalue weighted by Gasteiger charge is 2.40. The van der Waals surface area contributed by atoms with Gasteiger partial charge in [0.05, 0.1) is 12.1 Å². The second kappa shape index (κ2) is 11.6. The lowest BCUT2D eigenvalue weighted by molar-refractivity contribution is 0.0971. The molecule has 6 N–H and O–H groups in total. The second-order valence-corrected chi connectivity index (χ2v) is 10.1. The van der Waals surface area contributed by atoms with Crippen LogP contribution in [-0.4, -0.2) is 71.5 Å². The molecule has 3 heterocycles. The number of aryl methyl sites for hydroxylation is 1. The van der Waals surface area contributed by atoms with Crippen LogP contribution in [0.25, 0.3) is 0 Å². The number of benzene rings is 1. The van der Waals surface area contributed by atoms with Gasteiger partial charge >= 0.3 is 6.03 Å². The predicted octanol–water partition coefficient (Wildman–Crippen LogP) is 2.93. The van der Waals surface area contributed by atoms with Crippen molar-refractivity contribution in [3.63, 3.8) is 0 Å². The molecule has 198 valence electrons. The van der Waals surface area contributed by atoms with Crippen molar-refractivity contribution in [2.45, 2.75) is 31.2 Å². The number of aromatic nitrogens is 2. The van der Waals surface area contributed by atoms with Gasteiger partial charge in [0.25, 0.3) is 5.91 Å². The highest BCUT2D eigenvalue weighted by molar-refractivity contribution is 6.35. The fourth-order valence-electron chi connectivity index (χ4n) is 4.29. The number of hydrogen-bond donors (Lipinski definition) is 5. The summed E-state index contributed by atoms with van der Waals surface area (Å²) in [5.41, 5.74) is 6.36. The summed E-state index contributed by atoms with van der Waals surface area (Å²) in [5.74, 6) is 0.0715. The standard InChI is InChI=1S/C23H28Cl3N9O2/c1-28-19-16(31-17(26)18(27)32-19)20(36)33-21-30-12-23(34-21)6-9-35(10-7-23)22(37)29-8-2-3-13-4-5-14(24)11-15(13)25/h4-5,11H,2-3,6-10,12H2,1H3,(H,29,37)(H3,27,28,32)(H2,30,33,34,36). The fourth-order valence-corrected chi connectivity index (χ4v) is 4.92. The number of amides is 3. The minimum absolute atomic E-state index is 0.0111. The summed E-state index contributed by atoms with van der Waals surface area (Å²) in [5, 5.41) is 13.0. The van der Waals surface area contributed by atoms with Crippen molar-refractivity contribution in [1.82, 2.24) is 30.8 Å². The van der Waals surface area contributed by atoms with Crippen LogP contribution in [0.1, 0.15) is 35.3 Å². The summed E-state index contributed by atoms with van der Waals surface area (Å²) in [7, 11) is 1.60. The number of rotatable bonds is 6. The number of carbonyl (C=O) groups is 2. The van der Waals surface area contributed by atoms with E-state index in [4.69, 9.17) is 40.5 Å². The van der Waals surface area contributed by atoms with E-state index >= 15 is 0 Å². The molecule has 2 aliphatic heterocycles. The molecule has 1 spiro atoms. The highest BCUT2D eigenvalue weighted by atomic mass is 35.5. The van der Waals surface area contributed by atoms with Gasteiger partial charge in [0.1, 0.15) is 0 Å². The number of nitrogens with one attached hydrogen (secondary N) is 4. The van der Waals surface area contributed by atoms with Crippen LogP contribution in [0.4, 0.5) is 16.4 Å². The van der Waals surface area contributed by atoms with Gasteiger partial charge in [-0.2, -0.15) is 0 Å². The zero-order chi connectivity index (χ0) is 26.6. The summed E-state index contributed by atoms with van der Waals surface area (Å²) in [6.07, 6.45) is 2.90. The van der Waals surface area contributed by atoms with E-state index in [1.807, 2.05) is 12.1 Å². The molecule has 0 aliphatic carbocycles. The van der Waals surface area contributed by atoms with Gasteiger partial charge in [-0.3, -0.25) is 15.1 Å². The molecular weight excluding hydrogens is 541 g/mol. The van der Waals surface area contributed by atoms with Gasteiger partial charge < -0.3 is 26.6 Å². The molecule has 0 saturated carbocycles. The van der Waals surface area contributed by atoms with E-state index in [0.717, 1.165) is 18.4 Å². The number of hydrogen-bond acceptors (Lipinski definition) is 8. The Kier molecular flexibility index (Phi) is 8.46. The van der Waals surface area contributed by atoms with Gasteiger partial charge in [-0.05, 0) is 43.4 Å². The third kappa shape index (κ3) is 6.46. The van der Waals surface area contributed by atoms with E-state index in [9.17, 15) is 9.59 Å². The Morgan fingerprint density at radius 2 is 1.95 bits per heavy atom. The van der Waals surface area contributed by atoms with Gasteiger partial charge in [-0.25, -0.2) is 14.8 Å². The summed E-state index contributed by atoms with van der Waals surface area (Å²) < 4.78 is 0. The molecule has 11 nitrogen and oxygen atoms in total. The Bertz CT molecular complexity index is 1220. The molecule has 14 heteroatoms. The largest absolute Gasteiger partial charge is 0.381 e. The molecule has 0 atom stereocenters. The minimum atomic E-state index is -0.515. The van der Waals surface area contributed by atoms with Gasteiger partial charge in [0.2, 0.25) is 0 Å². The molecule has 0 bridgehead atoms. The molecule has 1 saturated heterocycles. The molecule has 2 aromatic rings. The number of nitrogens with two attached hydrogens (primary N) is 1. The normalized spacial score (nSPS) is 16.2. The van der Waals surface area contributed by atoms with Crippen molar-refractivity contribution in [2.75, 3.05) is 44.3 Å². The summed E-state index contributed by atoms with van der Waals surface area (Å²) in [4.78, 5) is 39.7. The lowest BCUT2D eigenvalue weighted by Crippen LogP contribution is -2.58. The van der Waals surface area contributed by atoms with Crippen molar-refractivity contribution in [3.8, 4) is 0 Å². The Hall–Kier alpha value is -3.02. The first-order valence-electron chi connectivity index (χ1n) is 11.8. The maximum atomic E-state index is 12.8. The van der Waals surface area contributed by atoms with Crippen LogP contribution in [0.5, 0.6) is 0 Å². The van der Waals surface area contributed by atoms with Gasteiger partial charge in [0, 0.05) is 36.7 Å². The Morgan fingerprint density at radius 1 is 1.19 bits per heavy atom. The third-order valence-corrected chi connectivity index (χ3v) is 7.27. The number of anilines is 2. The number of piperidine rings is 1. The van der Waals surface area contributed by atoms with Crippen molar-refractivity contribution in [2.24, 2.45) is 4.99 Å². The quantitative estimate of drug-likeness (QED) is 0.336. The summed E-state index contributed by atoms with van der Waals surface area (Å²) >= 11 is 18.1. The van der Waals surface area contributed by atoms with Crippen LogP contribution >= 0.6 is 34.8 Å². The number of likely N-dealkylation sites (tertiary alicyclic amines) is 1. The van der Waals surface area contributed by atoms with Crippen molar-refractivity contribution >= 4 is 64.3 Å². The average molecular weight is 569 g/mol. The van der Waals surface area contributed by atoms with Gasteiger partial charge in [-0.1, -0.05) is 40.9 Å². The fraction of sp³-hybridized carbons (Fsp3) is 0.435. The number of aliphatic imine (C=N–C) groups is 1. The van der Waals surface area contributed by atoms with Crippen molar-refractivity contribution in [3.05, 3.63) is 44.7 Å². The number of nitrogen functional groups attached to an aromatic ring is 1. The van der Waals surface area contributed by atoms with Crippen LogP contribution in [0.15, 0.2) is 23.2 Å². The van der Waals surface area contributed by atoms with Gasteiger partial charge in [0.15, 0.2) is 28.4 Å². The Morgan fingerprint density at radius 3 is 2.65 bits per heavy atom. The van der Waals surface area contributed by atoms with Crippen LogP contribution in [0.2, 0.25) is 15.2 Å². The van der Waals surface area contributed by atoms with E-state index in [0.29, 0.717) is 55.0 Å². The van der Waals surface area contributed by atoms with Crippen LogP contribution in [0.3, 0.4) is 0 Å². The van der Waals surface area contributed by atoms with Gasteiger partial charge in [-0.15, -0.1) is 0 Å². The maximum absolute atomic E-state index is 12.8. The predicted molar refractivity (Wildman–Crippen MR) is 146 cm³/mol. The van der Waals surface area contributed by atoms with E-state index in [1.165, 1.54) is 0 Å². The lowest BCUT2D eigenvalue weighted by Gasteiger charge is -2.39. The number of guanidine groups is 1. The molecule has 2 aliphatic rings. The second-order valence-electron chi connectivity index (χ2n) is 8.93. The van der Waals surface area contributed by atoms with Crippen molar-refractivity contribution < 1.29 is 9.59 Å². The van der Waals surface area contributed by atoms with E-state index in [2.05, 4.69) is 36.2 Å². The minimum Gasteiger partial charge on any atom is -0.381 e. The summed E-state index contributed by atoms with van der Waals surface area (Å²) in [6, 6.07) is 5.34.